The number of fused-ring (bicyclic) bond motifs is 1. The van der Waals surface area contributed by atoms with Gasteiger partial charge in [-0.2, -0.15) is 0 Å². The van der Waals surface area contributed by atoms with E-state index in [4.69, 9.17) is 28.5 Å². The van der Waals surface area contributed by atoms with Crippen LogP contribution in [0.25, 0.3) is 0 Å². The quantitative estimate of drug-likeness (QED) is 0.529. The Morgan fingerprint density at radius 2 is 1.92 bits per heavy atom. The summed E-state index contributed by atoms with van der Waals surface area (Å²) < 4.78 is 26.6. The van der Waals surface area contributed by atoms with Crippen molar-refractivity contribution >= 4 is 18.0 Å². The van der Waals surface area contributed by atoms with Gasteiger partial charge in [0.25, 0.3) is 0 Å². The third-order valence-corrected chi connectivity index (χ3v) is 4.07. The number of rotatable bonds is 7. The molecule has 0 aliphatic carbocycles. The number of carbonyl (C=O) groups excluding carboxylic acids is 2. The maximum atomic E-state index is 11.8. The highest BCUT2D eigenvalue weighted by molar-refractivity contribution is 6.36. The summed E-state index contributed by atoms with van der Waals surface area (Å²) in [4.78, 5) is 28.8. The van der Waals surface area contributed by atoms with Gasteiger partial charge in [0, 0.05) is 18.4 Å². The maximum Gasteiger partial charge on any atom is 0.356 e. The molecule has 0 bridgehead atoms. The van der Waals surface area contributed by atoms with Gasteiger partial charge in [0.05, 0.1) is 26.4 Å². The van der Waals surface area contributed by atoms with Crippen LogP contribution in [0.15, 0.2) is 5.16 Å². The van der Waals surface area contributed by atoms with Crippen LogP contribution < -0.4 is 18.9 Å². The van der Waals surface area contributed by atoms with Crippen LogP contribution in [-0.4, -0.2) is 51.7 Å². The van der Waals surface area contributed by atoms with E-state index in [0.717, 1.165) is 0 Å². The maximum absolute atomic E-state index is 11.8. The molecule has 0 N–H and O–H groups in total. The van der Waals surface area contributed by atoms with Crippen LogP contribution in [0.3, 0.4) is 0 Å². The molecule has 0 unspecified atom stereocenters. The fraction of sp³-hybridized carbons (Fsp3) is 0.471. The molecule has 0 saturated carbocycles. The van der Waals surface area contributed by atoms with E-state index in [1.54, 1.807) is 6.92 Å². The van der Waals surface area contributed by atoms with Crippen LogP contribution in [0.2, 0.25) is 0 Å². The van der Waals surface area contributed by atoms with Crippen LogP contribution in [-0.2, 0) is 20.8 Å². The van der Waals surface area contributed by atoms with Gasteiger partial charge in [0.15, 0.2) is 23.5 Å². The van der Waals surface area contributed by atoms with Gasteiger partial charge in [0.1, 0.15) is 6.10 Å². The van der Waals surface area contributed by atoms with E-state index in [-0.39, 0.29) is 43.3 Å². The van der Waals surface area contributed by atoms with Crippen molar-refractivity contribution in [1.29, 1.82) is 0 Å². The number of benzene rings is 1. The van der Waals surface area contributed by atoms with Crippen LogP contribution in [0.5, 0.6) is 23.0 Å². The van der Waals surface area contributed by atoms with E-state index in [1.807, 2.05) is 0 Å². The summed E-state index contributed by atoms with van der Waals surface area (Å²) in [6.45, 7) is 1.97. The average molecular weight is 365 g/mol. The molecular formula is C17H19NO8. The Balaban J connectivity index is 1.91. The van der Waals surface area contributed by atoms with Crippen molar-refractivity contribution in [2.45, 2.75) is 25.9 Å². The first-order chi connectivity index (χ1) is 12.6. The summed E-state index contributed by atoms with van der Waals surface area (Å²) in [5.74, 6) is 0.822. The van der Waals surface area contributed by atoms with Gasteiger partial charge in [-0.1, -0.05) is 5.16 Å². The minimum absolute atomic E-state index is 0.000149. The number of carbonyl (C=O) groups is 2. The Bertz CT molecular complexity index is 758. The van der Waals surface area contributed by atoms with Crippen molar-refractivity contribution in [3.05, 3.63) is 11.1 Å². The summed E-state index contributed by atoms with van der Waals surface area (Å²) in [7, 11) is 2.91. The molecule has 0 spiro atoms. The number of aldehydes is 1. The van der Waals surface area contributed by atoms with Crippen molar-refractivity contribution in [2.24, 2.45) is 5.16 Å². The molecule has 0 amide bonds. The molecule has 2 heterocycles. The minimum Gasteiger partial charge on any atom is -0.492 e. The molecule has 9 nitrogen and oxygen atoms in total. The highest BCUT2D eigenvalue weighted by atomic mass is 16.7. The SMILES string of the molecule is CCOC(=O)C1=NO[C@@H](Cc2c(C=O)c(OC)c3c(c2OC)OCO3)C1. The lowest BCUT2D eigenvalue weighted by Gasteiger charge is -2.18. The predicted octanol–water partition coefficient (Wildman–Crippen LogP) is 1.50. The third-order valence-electron chi connectivity index (χ3n) is 4.07. The number of hydrogen-bond acceptors (Lipinski definition) is 9. The molecular weight excluding hydrogens is 346 g/mol. The topological polar surface area (TPSA) is 102 Å². The zero-order valence-electron chi connectivity index (χ0n) is 14.7. The van der Waals surface area contributed by atoms with E-state index >= 15 is 0 Å². The molecule has 1 atom stereocenters. The van der Waals surface area contributed by atoms with Crippen molar-refractivity contribution in [3.8, 4) is 23.0 Å². The van der Waals surface area contributed by atoms with Gasteiger partial charge in [-0.05, 0) is 6.92 Å². The first-order valence-electron chi connectivity index (χ1n) is 8.05. The van der Waals surface area contributed by atoms with E-state index in [2.05, 4.69) is 5.16 Å². The fourth-order valence-electron chi connectivity index (χ4n) is 2.98. The number of nitrogens with zero attached hydrogens (tertiary/aromatic N) is 1. The smallest absolute Gasteiger partial charge is 0.356 e. The number of esters is 1. The Morgan fingerprint density at radius 3 is 2.54 bits per heavy atom. The standard InChI is InChI=1S/C17H19NO8/c1-4-23-17(20)12-6-9(26-18-12)5-10-11(7-19)14(22-3)16-15(13(10)21-2)24-8-25-16/h7,9H,4-6,8H2,1-3H3/t9-/m0/s1. The van der Waals surface area contributed by atoms with Gasteiger partial charge in [-0.25, -0.2) is 4.79 Å². The molecule has 2 aliphatic rings. The number of oxime groups is 1. The van der Waals surface area contributed by atoms with Crippen molar-refractivity contribution in [1.82, 2.24) is 0 Å². The molecule has 3 rings (SSSR count). The highest BCUT2D eigenvalue weighted by Crippen LogP contribution is 2.52. The molecule has 0 radical (unpaired) electrons. The third kappa shape index (κ3) is 3.00. The summed E-state index contributed by atoms with van der Waals surface area (Å²) in [6, 6.07) is 0. The lowest BCUT2D eigenvalue weighted by molar-refractivity contribution is -0.135. The molecule has 2 aliphatic heterocycles. The fourth-order valence-corrected chi connectivity index (χ4v) is 2.98. The van der Waals surface area contributed by atoms with E-state index in [1.165, 1.54) is 14.2 Å². The van der Waals surface area contributed by atoms with Crippen LogP contribution in [0.1, 0.15) is 29.3 Å². The molecule has 140 valence electrons. The molecule has 1 aromatic rings. The Hall–Kier alpha value is -2.97. The second-order valence-corrected chi connectivity index (χ2v) is 5.54. The van der Waals surface area contributed by atoms with E-state index in [9.17, 15) is 9.59 Å². The van der Waals surface area contributed by atoms with Crippen LogP contribution >= 0.6 is 0 Å². The normalized spacial score (nSPS) is 17.3. The molecule has 9 heteroatoms. The number of ether oxygens (including phenoxy) is 5. The second-order valence-electron chi connectivity index (χ2n) is 5.54. The van der Waals surface area contributed by atoms with E-state index in [0.29, 0.717) is 29.1 Å². The lowest BCUT2D eigenvalue weighted by Crippen LogP contribution is -2.20. The second kappa shape index (κ2) is 7.51. The highest BCUT2D eigenvalue weighted by Gasteiger charge is 2.35. The summed E-state index contributed by atoms with van der Waals surface area (Å²) in [6.07, 6.45) is 0.737. The Kier molecular flexibility index (Phi) is 5.15. The van der Waals surface area contributed by atoms with Gasteiger partial charge in [0.2, 0.25) is 18.3 Å². The van der Waals surface area contributed by atoms with Gasteiger partial charge in [-0.3, -0.25) is 4.79 Å². The van der Waals surface area contributed by atoms with Gasteiger partial charge >= 0.3 is 5.97 Å². The summed E-state index contributed by atoms with van der Waals surface area (Å²) in [5.41, 5.74) is 1.02. The minimum atomic E-state index is -0.513. The van der Waals surface area contributed by atoms with Crippen LogP contribution in [0.4, 0.5) is 0 Å². The molecule has 1 aromatic carbocycles. The van der Waals surface area contributed by atoms with Crippen molar-refractivity contribution in [3.63, 3.8) is 0 Å². The summed E-state index contributed by atoms with van der Waals surface area (Å²) >= 11 is 0. The summed E-state index contributed by atoms with van der Waals surface area (Å²) in [5, 5.41) is 3.78. The first kappa shape index (κ1) is 17.8. The monoisotopic (exact) mass is 365 g/mol. The largest absolute Gasteiger partial charge is 0.492 e. The zero-order valence-corrected chi connectivity index (χ0v) is 14.7. The van der Waals surface area contributed by atoms with Crippen molar-refractivity contribution in [2.75, 3.05) is 27.6 Å². The molecule has 26 heavy (non-hydrogen) atoms. The Morgan fingerprint density at radius 1 is 1.23 bits per heavy atom. The molecule has 0 fully saturated rings. The average Bonchev–Trinajstić information content (AvgIpc) is 3.30. The number of methoxy groups -OCH3 is 2. The molecule has 0 aromatic heterocycles. The first-order valence-corrected chi connectivity index (χ1v) is 8.05. The predicted molar refractivity (Wildman–Crippen MR) is 88.3 cm³/mol. The van der Waals surface area contributed by atoms with Gasteiger partial charge in [-0.15, -0.1) is 0 Å². The zero-order chi connectivity index (χ0) is 18.7. The van der Waals surface area contributed by atoms with E-state index < -0.39 is 12.1 Å². The van der Waals surface area contributed by atoms with Crippen LogP contribution in [0, 0.1) is 0 Å². The lowest BCUT2D eigenvalue weighted by atomic mass is 9.96. The number of hydrogen-bond donors (Lipinski definition) is 0. The molecule has 0 saturated heterocycles. The van der Waals surface area contributed by atoms with Crippen molar-refractivity contribution < 1.29 is 38.1 Å². The Labute approximate surface area is 149 Å². The van der Waals surface area contributed by atoms with Gasteiger partial charge < -0.3 is 28.5 Å².